The summed E-state index contributed by atoms with van der Waals surface area (Å²) >= 11 is 2.07. The minimum absolute atomic E-state index is 0.103. The van der Waals surface area contributed by atoms with Crippen LogP contribution in [0.5, 0.6) is 0 Å². The van der Waals surface area contributed by atoms with Crippen LogP contribution < -0.4 is 0 Å². The third-order valence-corrected chi connectivity index (χ3v) is 3.43. The molecule has 0 unspecified atom stereocenters. The zero-order valence-electron chi connectivity index (χ0n) is 9.57. The summed E-state index contributed by atoms with van der Waals surface area (Å²) in [5, 5.41) is 9.00. The van der Waals surface area contributed by atoms with Crippen molar-refractivity contribution in [3.8, 4) is 0 Å². The van der Waals surface area contributed by atoms with E-state index >= 15 is 0 Å². The molecule has 2 atom stereocenters. The number of carbonyl (C=O) groups is 2. The first-order valence-corrected chi connectivity index (χ1v) is 6.35. The van der Waals surface area contributed by atoms with Crippen LogP contribution in [0.3, 0.4) is 0 Å². The van der Waals surface area contributed by atoms with Crippen LogP contribution in [-0.4, -0.2) is 37.8 Å². The molecule has 0 saturated carbocycles. The van der Waals surface area contributed by atoms with Gasteiger partial charge in [0, 0.05) is 0 Å². The molecule has 0 radical (unpaired) electrons. The summed E-state index contributed by atoms with van der Waals surface area (Å²) in [6.07, 6.45) is 0.635. The Labute approximate surface area is 108 Å². The summed E-state index contributed by atoms with van der Waals surface area (Å²) in [6.45, 7) is 5.29. The molecule has 5 nitrogen and oxygen atoms in total. The smallest absolute Gasteiger partial charge is 0.411 e. The van der Waals surface area contributed by atoms with E-state index in [1.165, 1.54) is 4.90 Å². The second-order valence-electron chi connectivity index (χ2n) is 4.75. The third kappa shape index (κ3) is 3.23. The van der Waals surface area contributed by atoms with E-state index in [1.807, 2.05) is 0 Å². The fourth-order valence-corrected chi connectivity index (χ4v) is 2.54. The molecule has 0 aromatic rings. The number of nitrogens with zero attached hydrogens (tertiary/aromatic N) is 1. The molecular formula is C10H16INO4. The van der Waals surface area contributed by atoms with Crippen LogP contribution in [0.4, 0.5) is 4.79 Å². The lowest BCUT2D eigenvalue weighted by Crippen LogP contribution is -2.45. The standard InChI is InChI=1S/C10H16INO4/c1-10(2,3)16-9(15)12-6(8(13)14)4-5-7(12)11/h6-7H,4-5H2,1-3H3,(H,13,14)/t6-,7-/m0/s1. The molecule has 6 heteroatoms. The van der Waals surface area contributed by atoms with E-state index < -0.39 is 23.7 Å². The first kappa shape index (κ1) is 13.5. The van der Waals surface area contributed by atoms with E-state index in [9.17, 15) is 9.59 Å². The fourth-order valence-electron chi connectivity index (χ4n) is 1.57. The number of amides is 1. The van der Waals surface area contributed by atoms with Crippen LogP contribution in [0.15, 0.2) is 0 Å². The molecule has 0 aliphatic carbocycles. The lowest BCUT2D eigenvalue weighted by molar-refractivity contribution is -0.142. The highest BCUT2D eigenvalue weighted by atomic mass is 127. The summed E-state index contributed by atoms with van der Waals surface area (Å²) in [5.41, 5.74) is -0.598. The van der Waals surface area contributed by atoms with E-state index in [1.54, 1.807) is 20.8 Å². The maximum atomic E-state index is 11.8. The lowest BCUT2D eigenvalue weighted by Gasteiger charge is -2.28. The number of carboxylic acids is 1. The van der Waals surface area contributed by atoms with Gasteiger partial charge in [0.25, 0.3) is 0 Å². The number of carboxylic acid groups (broad SMARTS) is 1. The topological polar surface area (TPSA) is 66.8 Å². The van der Waals surface area contributed by atoms with Crippen LogP contribution in [0.1, 0.15) is 33.6 Å². The minimum Gasteiger partial charge on any atom is -0.480 e. The normalized spacial score (nSPS) is 25.6. The zero-order chi connectivity index (χ0) is 12.5. The van der Waals surface area contributed by atoms with Gasteiger partial charge in [-0.3, -0.25) is 4.90 Å². The number of hydrogen-bond acceptors (Lipinski definition) is 3. The monoisotopic (exact) mass is 341 g/mol. The van der Waals surface area contributed by atoms with Gasteiger partial charge < -0.3 is 9.84 Å². The van der Waals surface area contributed by atoms with Crippen LogP contribution in [0.25, 0.3) is 0 Å². The molecule has 1 aliphatic heterocycles. The van der Waals surface area contributed by atoms with Gasteiger partial charge in [0.05, 0.1) is 4.05 Å². The van der Waals surface area contributed by atoms with Gasteiger partial charge in [-0.15, -0.1) is 0 Å². The summed E-state index contributed by atoms with van der Waals surface area (Å²) in [7, 11) is 0. The third-order valence-electron chi connectivity index (χ3n) is 2.21. The van der Waals surface area contributed by atoms with Crippen molar-refractivity contribution >= 4 is 34.7 Å². The Bertz CT molecular complexity index is 300. The summed E-state index contributed by atoms with van der Waals surface area (Å²) in [5.74, 6) is -0.968. The van der Waals surface area contributed by atoms with Crippen molar-refractivity contribution < 1.29 is 19.4 Å². The SMILES string of the molecule is CC(C)(C)OC(=O)N1[C@H](I)CC[C@H]1C(=O)O. The van der Waals surface area contributed by atoms with Gasteiger partial charge in [-0.25, -0.2) is 9.59 Å². The van der Waals surface area contributed by atoms with Crippen molar-refractivity contribution in [2.75, 3.05) is 0 Å². The van der Waals surface area contributed by atoms with Gasteiger partial charge in [0.1, 0.15) is 11.6 Å². The van der Waals surface area contributed by atoms with Gasteiger partial charge in [0.2, 0.25) is 0 Å². The predicted octanol–water partition coefficient (Wildman–Crippen LogP) is 2.23. The van der Waals surface area contributed by atoms with Gasteiger partial charge in [-0.1, -0.05) is 22.6 Å². The Morgan fingerprint density at radius 1 is 1.38 bits per heavy atom. The Morgan fingerprint density at radius 3 is 2.38 bits per heavy atom. The summed E-state index contributed by atoms with van der Waals surface area (Å²) < 4.78 is 5.09. The van der Waals surface area contributed by atoms with Crippen molar-refractivity contribution in [3.63, 3.8) is 0 Å². The van der Waals surface area contributed by atoms with E-state index in [2.05, 4.69) is 22.6 Å². The predicted molar refractivity (Wildman–Crippen MR) is 66.5 cm³/mol. The maximum Gasteiger partial charge on any atom is 0.411 e. The second kappa shape index (κ2) is 4.77. The molecule has 1 saturated heterocycles. The molecule has 1 aliphatic rings. The van der Waals surface area contributed by atoms with E-state index in [0.29, 0.717) is 12.8 Å². The van der Waals surface area contributed by atoms with Crippen molar-refractivity contribution in [1.82, 2.24) is 4.90 Å². The van der Waals surface area contributed by atoms with Crippen LogP contribution >= 0.6 is 22.6 Å². The second-order valence-corrected chi connectivity index (χ2v) is 6.19. The number of halogens is 1. The summed E-state index contributed by atoms with van der Waals surface area (Å²) in [4.78, 5) is 24.1. The highest BCUT2D eigenvalue weighted by molar-refractivity contribution is 14.1. The first-order chi connectivity index (χ1) is 7.22. The summed E-state index contributed by atoms with van der Waals surface area (Å²) in [6, 6.07) is -0.753. The highest BCUT2D eigenvalue weighted by Gasteiger charge is 2.41. The van der Waals surface area contributed by atoms with Crippen molar-refractivity contribution in [3.05, 3.63) is 0 Å². The van der Waals surface area contributed by atoms with Gasteiger partial charge >= 0.3 is 12.1 Å². The quantitative estimate of drug-likeness (QED) is 0.451. The Kier molecular flexibility index (Phi) is 4.03. The number of ether oxygens (including phenoxy) is 1. The number of hydrogen-bond donors (Lipinski definition) is 1. The maximum absolute atomic E-state index is 11.8. The minimum atomic E-state index is -0.968. The molecule has 92 valence electrons. The van der Waals surface area contributed by atoms with E-state index in [4.69, 9.17) is 9.84 Å². The highest BCUT2D eigenvalue weighted by Crippen LogP contribution is 2.30. The van der Waals surface area contributed by atoms with Crippen molar-refractivity contribution in [2.45, 2.75) is 49.3 Å². The van der Waals surface area contributed by atoms with Crippen LogP contribution in [0, 0.1) is 0 Å². The van der Waals surface area contributed by atoms with Gasteiger partial charge in [-0.2, -0.15) is 0 Å². The number of carbonyl (C=O) groups excluding carboxylic acids is 1. The fraction of sp³-hybridized carbons (Fsp3) is 0.800. The molecule has 1 rings (SSSR count). The molecule has 0 spiro atoms. The first-order valence-electron chi connectivity index (χ1n) is 5.10. The molecule has 1 heterocycles. The number of aliphatic carboxylic acids is 1. The largest absolute Gasteiger partial charge is 0.480 e. The molecule has 1 fully saturated rings. The molecule has 0 bridgehead atoms. The van der Waals surface area contributed by atoms with E-state index in [-0.39, 0.29) is 4.05 Å². The lowest BCUT2D eigenvalue weighted by atomic mass is 10.2. The number of alkyl halides is 1. The van der Waals surface area contributed by atoms with E-state index in [0.717, 1.165) is 0 Å². The molecule has 16 heavy (non-hydrogen) atoms. The van der Waals surface area contributed by atoms with Crippen LogP contribution in [-0.2, 0) is 9.53 Å². The average Bonchev–Trinajstić information content (AvgIpc) is 2.43. The zero-order valence-corrected chi connectivity index (χ0v) is 11.7. The Balaban J connectivity index is 2.76. The van der Waals surface area contributed by atoms with Gasteiger partial charge in [-0.05, 0) is 33.6 Å². The Hall–Kier alpha value is -0.530. The molecule has 0 aromatic heterocycles. The van der Waals surface area contributed by atoms with Gasteiger partial charge in [0.15, 0.2) is 0 Å². The Morgan fingerprint density at radius 2 is 1.94 bits per heavy atom. The van der Waals surface area contributed by atoms with Crippen molar-refractivity contribution in [1.29, 1.82) is 0 Å². The average molecular weight is 341 g/mol. The number of likely N-dealkylation sites (tertiary alicyclic amines) is 1. The molecule has 0 aromatic carbocycles. The molecular weight excluding hydrogens is 325 g/mol. The van der Waals surface area contributed by atoms with Crippen molar-refractivity contribution in [2.24, 2.45) is 0 Å². The van der Waals surface area contributed by atoms with Crippen LogP contribution in [0.2, 0.25) is 0 Å². The molecule has 1 amide bonds. The molecule has 1 N–H and O–H groups in total. The number of rotatable bonds is 1.